The molecule has 1 saturated carbocycles. The van der Waals surface area contributed by atoms with Crippen molar-refractivity contribution < 1.29 is 4.39 Å². The molecule has 15 heavy (non-hydrogen) atoms. The lowest BCUT2D eigenvalue weighted by molar-refractivity contribution is 0.448. The minimum absolute atomic E-state index is 0.130. The number of benzene rings is 1. The standard InChI is InChI=1S/C13H18FN/c14-9-11-4-3-5-12(8-11)13(10-15)6-1-2-7-13/h3-5,8H,1-2,6-7,9-10,15H2. The van der Waals surface area contributed by atoms with Crippen LogP contribution in [-0.4, -0.2) is 6.54 Å². The molecule has 0 aromatic heterocycles. The second-order valence-corrected chi connectivity index (χ2v) is 4.53. The molecule has 0 bridgehead atoms. The van der Waals surface area contributed by atoms with Crippen molar-refractivity contribution in [1.82, 2.24) is 0 Å². The molecular weight excluding hydrogens is 189 g/mol. The van der Waals surface area contributed by atoms with Crippen LogP contribution in [0, 0.1) is 0 Å². The van der Waals surface area contributed by atoms with Crippen molar-refractivity contribution in [3.8, 4) is 0 Å². The number of alkyl halides is 1. The molecule has 1 aromatic rings. The van der Waals surface area contributed by atoms with Gasteiger partial charge >= 0.3 is 0 Å². The van der Waals surface area contributed by atoms with Crippen LogP contribution in [0.25, 0.3) is 0 Å². The van der Waals surface area contributed by atoms with Crippen molar-refractivity contribution in [1.29, 1.82) is 0 Å². The Bertz CT molecular complexity index is 329. The third-order valence-corrected chi connectivity index (χ3v) is 3.65. The summed E-state index contributed by atoms with van der Waals surface area (Å²) in [6.45, 7) is 0.303. The summed E-state index contributed by atoms with van der Waals surface area (Å²) in [5.41, 5.74) is 8.03. The van der Waals surface area contributed by atoms with Gasteiger partial charge in [0.25, 0.3) is 0 Å². The first kappa shape index (κ1) is 10.6. The van der Waals surface area contributed by atoms with Crippen LogP contribution in [0.4, 0.5) is 4.39 Å². The summed E-state index contributed by atoms with van der Waals surface area (Å²) in [7, 11) is 0. The van der Waals surface area contributed by atoms with Gasteiger partial charge in [-0.3, -0.25) is 0 Å². The van der Waals surface area contributed by atoms with E-state index < -0.39 is 0 Å². The summed E-state index contributed by atoms with van der Waals surface area (Å²) >= 11 is 0. The number of hydrogen-bond donors (Lipinski definition) is 1. The minimum Gasteiger partial charge on any atom is -0.330 e. The van der Waals surface area contributed by atoms with Gasteiger partial charge in [0.1, 0.15) is 6.67 Å². The maximum absolute atomic E-state index is 12.6. The fourth-order valence-electron chi connectivity index (χ4n) is 2.65. The first-order valence-electron chi connectivity index (χ1n) is 5.66. The van der Waals surface area contributed by atoms with Gasteiger partial charge < -0.3 is 5.73 Å². The smallest absolute Gasteiger partial charge is 0.115 e. The molecule has 0 amide bonds. The van der Waals surface area contributed by atoms with Gasteiger partial charge in [-0.15, -0.1) is 0 Å². The van der Waals surface area contributed by atoms with Gasteiger partial charge in [0, 0.05) is 12.0 Å². The number of hydrogen-bond acceptors (Lipinski definition) is 1. The number of halogens is 1. The molecule has 0 spiro atoms. The van der Waals surface area contributed by atoms with Gasteiger partial charge in [0.05, 0.1) is 0 Å². The molecule has 2 rings (SSSR count). The van der Waals surface area contributed by atoms with Gasteiger partial charge in [-0.2, -0.15) is 0 Å². The van der Waals surface area contributed by atoms with Crippen LogP contribution >= 0.6 is 0 Å². The van der Waals surface area contributed by atoms with Crippen molar-refractivity contribution in [2.75, 3.05) is 6.54 Å². The summed E-state index contributed by atoms with van der Waals surface area (Å²) < 4.78 is 12.6. The van der Waals surface area contributed by atoms with Gasteiger partial charge in [0.2, 0.25) is 0 Å². The predicted octanol–water partition coefficient (Wildman–Crippen LogP) is 2.93. The van der Waals surface area contributed by atoms with Crippen LogP contribution in [0.2, 0.25) is 0 Å². The zero-order valence-corrected chi connectivity index (χ0v) is 9.01. The maximum Gasteiger partial charge on any atom is 0.115 e. The monoisotopic (exact) mass is 207 g/mol. The molecule has 1 aliphatic carbocycles. The van der Waals surface area contributed by atoms with Crippen molar-refractivity contribution in [2.45, 2.75) is 37.8 Å². The Hall–Kier alpha value is -0.890. The van der Waals surface area contributed by atoms with Gasteiger partial charge in [-0.1, -0.05) is 37.1 Å². The van der Waals surface area contributed by atoms with Crippen LogP contribution in [0.1, 0.15) is 36.8 Å². The topological polar surface area (TPSA) is 26.0 Å². The van der Waals surface area contributed by atoms with Crippen LogP contribution in [0.3, 0.4) is 0 Å². The summed E-state index contributed by atoms with van der Waals surface area (Å²) in [5, 5.41) is 0. The second kappa shape index (κ2) is 4.31. The molecule has 0 heterocycles. The molecule has 1 fully saturated rings. The second-order valence-electron chi connectivity index (χ2n) is 4.53. The van der Waals surface area contributed by atoms with E-state index >= 15 is 0 Å². The molecule has 82 valence electrons. The van der Waals surface area contributed by atoms with E-state index in [1.807, 2.05) is 18.2 Å². The highest BCUT2D eigenvalue weighted by Crippen LogP contribution is 2.40. The number of nitrogens with two attached hydrogens (primary N) is 1. The molecule has 1 nitrogen and oxygen atoms in total. The Labute approximate surface area is 90.5 Å². The third kappa shape index (κ3) is 1.91. The lowest BCUT2D eigenvalue weighted by atomic mass is 9.78. The quantitative estimate of drug-likeness (QED) is 0.810. The van der Waals surface area contributed by atoms with E-state index in [0.29, 0.717) is 6.54 Å². The van der Waals surface area contributed by atoms with Crippen LogP contribution < -0.4 is 5.73 Å². The summed E-state index contributed by atoms with van der Waals surface area (Å²) in [5.74, 6) is 0. The third-order valence-electron chi connectivity index (χ3n) is 3.65. The highest BCUT2D eigenvalue weighted by atomic mass is 19.1. The largest absolute Gasteiger partial charge is 0.330 e. The molecule has 1 aliphatic rings. The first-order chi connectivity index (χ1) is 7.30. The molecular formula is C13H18FN. The molecule has 0 saturated heterocycles. The van der Waals surface area contributed by atoms with Crippen molar-refractivity contribution in [3.63, 3.8) is 0 Å². The van der Waals surface area contributed by atoms with Crippen molar-refractivity contribution in [3.05, 3.63) is 35.4 Å². The summed E-state index contributed by atoms with van der Waals surface area (Å²) in [6, 6.07) is 7.86. The van der Waals surface area contributed by atoms with Gasteiger partial charge in [0.15, 0.2) is 0 Å². The van der Waals surface area contributed by atoms with E-state index in [9.17, 15) is 4.39 Å². The highest BCUT2D eigenvalue weighted by Gasteiger charge is 2.34. The van der Waals surface area contributed by atoms with Crippen LogP contribution in [-0.2, 0) is 12.1 Å². The SMILES string of the molecule is NCC1(c2cccc(CF)c2)CCCC1. The molecule has 0 aliphatic heterocycles. The zero-order chi connectivity index (χ0) is 10.7. The predicted molar refractivity (Wildman–Crippen MR) is 60.5 cm³/mol. The van der Waals surface area contributed by atoms with E-state index in [1.165, 1.54) is 18.4 Å². The Morgan fingerprint density at radius 2 is 2.00 bits per heavy atom. The highest BCUT2D eigenvalue weighted by molar-refractivity contribution is 5.31. The molecule has 0 atom stereocenters. The normalized spacial score (nSPS) is 19.3. The van der Waals surface area contributed by atoms with E-state index in [2.05, 4.69) is 6.07 Å². The average Bonchev–Trinajstić information content (AvgIpc) is 2.79. The molecule has 2 heteroatoms. The Morgan fingerprint density at radius 1 is 1.27 bits per heavy atom. The van der Waals surface area contributed by atoms with E-state index in [-0.39, 0.29) is 12.1 Å². The van der Waals surface area contributed by atoms with E-state index in [4.69, 9.17) is 5.73 Å². The fraction of sp³-hybridized carbons (Fsp3) is 0.538. The Balaban J connectivity index is 2.33. The van der Waals surface area contributed by atoms with Crippen molar-refractivity contribution in [2.24, 2.45) is 5.73 Å². The molecule has 0 radical (unpaired) electrons. The number of rotatable bonds is 3. The fourth-order valence-corrected chi connectivity index (χ4v) is 2.65. The lowest BCUT2D eigenvalue weighted by Crippen LogP contribution is -2.32. The Kier molecular flexibility index (Phi) is 3.06. The summed E-state index contributed by atoms with van der Waals surface area (Å²) in [4.78, 5) is 0. The van der Waals surface area contributed by atoms with Gasteiger partial charge in [-0.05, 0) is 24.0 Å². The zero-order valence-electron chi connectivity index (χ0n) is 9.01. The van der Waals surface area contributed by atoms with Crippen molar-refractivity contribution >= 4 is 0 Å². The molecule has 2 N–H and O–H groups in total. The maximum atomic E-state index is 12.6. The van der Waals surface area contributed by atoms with Crippen LogP contribution in [0.5, 0.6) is 0 Å². The first-order valence-corrected chi connectivity index (χ1v) is 5.66. The molecule has 0 unspecified atom stereocenters. The van der Waals surface area contributed by atoms with Gasteiger partial charge in [-0.25, -0.2) is 4.39 Å². The lowest BCUT2D eigenvalue weighted by Gasteiger charge is -2.28. The summed E-state index contributed by atoms with van der Waals surface area (Å²) in [6.07, 6.45) is 4.80. The molecule has 1 aromatic carbocycles. The Morgan fingerprint density at radius 3 is 2.60 bits per heavy atom. The van der Waals surface area contributed by atoms with Crippen LogP contribution in [0.15, 0.2) is 24.3 Å². The van der Waals surface area contributed by atoms with E-state index in [1.54, 1.807) is 0 Å². The minimum atomic E-state index is -0.380. The van der Waals surface area contributed by atoms with E-state index in [0.717, 1.165) is 18.4 Å². The average molecular weight is 207 g/mol.